The molecule has 0 fully saturated rings. The summed E-state index contributed by atoms with van der Waals surface area (Å²) >= 11 is 1.68. The van der Waals surface area contributed by atoms with E-state index in [0.29, 0.717) is 18.3 Å². The lowest BCUT2D eigenvalue weighted by Gasteiger charge is -2.24. The number of fused-ring (bicyclic) bond motifs is 3. The van der Waals surface area contributed by atoms with Gasteiger partial charge in [0.05, 0.1) is 10.6 Å². The first-order valence-corrected chi connectivity index (χ1v) is 12.6. The van der Waals surface area contributed by atoms with E-state index in [2.05, 4.69) is 81.1 Å². The van der Waals surface area contributed by atoms with Gasteiger partial charge in [-0.25, -0.2) is 4.98 Å². The number of hydrogen-bond donors (Lipinski definition) is 1. The Labute approximate surface area is 196 Å². The monoisotopic (exact) mass is 449 g/mol. The van der Waals surface area contributed by atoms with Crippen LogP contribution in [-0.4, -0.2) is 22.0 Å². The van der Waals surface area contributed by atoms with E-state index in [0.717, 1.165) is 42.1 Å². The second-order valence-electron chi connectivity index (χ2n) is 10.5. The highest BCUT2D eigenvalue weighted by atomic mass is 32.1. The molecule has 2 aromatic heterocycles. The summed E-state index contributed by atoms with van der Waals surface area (Å²) < 4.78 is 2.15. The molecule has 0 saturated carbocycles. The van der Waals surface area contributed by atoms with Crippen LogP contribution in [0.4, 0.5) is 0 Å². The van der Waals surface area contributed by atoms with E-state index in [1.807, 2.05) is 0 Å². The Morgan fingerprint density at radius 3 is 2.66 bits per heavy atom. The highest BCUT2D eigenvalue weighted by Crippen LogP contribution is 2.41. The van der Waals surface area contributed by atoms with Crippen molar-refractivity contribution in [3.05, 3.63) is 52.2 Å². The van der Waals surface area contributed by atoms with E-state index < -0.39 is 0 Å². The summed E-state index contributed by atoms with van der Waals surface area (Å²) in [6.45, 7) is 14.6. The van der Waals surface area contributed by atoms with Crippen molar-refractivity contribution >= 4 is 17.2 Å². The Morgan fingerprint density at radius 1 is 1.25 bits per heavy atom. The van der Waals surface area contributed by atoms with E-state index >= 15 is 0 Å². The van der Waals surface area contributed by atoms with Gasteiger partial charge in [0.25, 0.3) is 5.91 Å². The van der Waals surface area contributed by atoms with Gasteiger partial charge >= 0.3 is 0 Å². The van der Waals surface area contributed by atoms with Crippen LogP contribution in [-0.2, 0) is 25.8 Å². The maximum absolute atomic E-state index is 13.2. The maximum Gasteiger partial charge on any atom is 0.287 e. The SMILES string of the molecule is CCc1cc2c(cc1CC(C)C)-c1c(-c3cccs3)nc(C(=O)NCC(C)(C)C)n1CC2. The number of hydrogen-bond acceptors (Lipinski definition) is 3. The smallest absolute Gasteiger partial charge is 0.287 e. The fraction of sp³-hybridized carbons (Fsp3) is 0.481. The lowest BCUT2D eigenvalue weighted by Crippen LogP contribution is -2.34. The first-order valence-electron chi connectivity index (χ1n) is 11.8. The first-order chi connectivity index (χ1) is 15.2. The summed E-state index contributed by atoms with van der Waals surface area (Å²) in [6, 6.07) is 8.95. The summed E-state index contributed by atoms with van der Waals surface area (Å²) in [4.78, 5) is 19.2. The zero-order chi connectivity index (χ0) is 23.0. The molecule has 1 amide bonds. The minimum absolute atomic E-state index is 0.0263. The molecule has 4 rings (SSSR count). The number of nitrogens with zero attached hydrogens (tertiary/aromatic N) is 2. The summed E-state index contributed by atoms with van der Waals surface area (Å²) in [7, 11) is 0. The number of imidazole rings is 1. The third kappa shape index (κ3) is 4.54. The zero-order valence-electron chi connectivity index (χ0n) is 20.2. The number of carbonyl (C=O) groups excluding carboxylic acids is 1. The van der Waals surface area contributed by atoms with Crippen molar-refractivity contribution in [2.45, 2.75) is 67.3 Å². The van der Waals surface area contributed by atoms with Crippen molar-refractivity contribution in [1.29, 1.82) is 0 Å². The number of aryl methyl sites for hydroxylation is 2. The van der Waals surface area contributed by atoms with Gasteiger partial charge < -0.3 is 9.88 Å². The van der Waals surface area contributed by atoms with Crippen molar-refractivity contribution in [1.82, 2.24) is 14.9 Å². The number of rotatable bonds is 6. The van der Waals surface area contributed by atoms with Gasteiger partial charge in [-0.15, -0.1) is 11.3 Å². The molecular weight excluding hydrogens is 414 g/mol. The van der Waals surface area contributed by atoms with Crippen LogP contribution in [0.25, 0.3) is 21.8 Å². The molecule has 1 N–H and O–H groups in total. The van der Waals surface area contributed by atoms with Gasteiger partial charge in [-0.2, -0.15) is 0 Å². The lowest BCUT2D eigenvalue weighted by atomic mass is 9.88. The topological polar surface area (TPSA) is 46.9 Å². The van der Waals surface area contributed by atoms with Gasteiger partial charge in [0.15, 0.2) is 5.82 Å². The molecule has 1 aliphatic rings. The second kappa shape index (κ2) is 8.86. The highest BCUT2D eigenvalue weighted by Gasteiger charge is 2.29. The third-order valence-electron chi connectivity index (χ3n) is 6.00. The van der Waals surface area contributed by atoms with E-state index in [1.165, 1.54) is 22.3 Å². The molecule has 4 nitrogen and oxygen atoms in total. The molecule has 0 bridgehead atoms. The Balaban J connectivity index is 1.86. The lowest BCUT2D eigenvalue weighted by molar-refractivity contribution is 0.0924. The Morgan fingerprint density at radius 2 is 2.03 bits per heavy atom. The van der Waals surface area contributed by atoms with Crippen molar-refractivity contribution in [3.63, 3.8) is 0 Å². The van der Waals surface area contributed by atoms with Crippen molar-refractivity contribution < 1.29 is 4.79 Å². The van der Waals surface area contributed by atoms with Crippen LogP contribution in [0.1, 0.15) is 68.9 Å². The molecule has 0 aliphatic carbocycles. The number of amides is 1. The molecule has 0 spiro atoms. The quantitative estimate of drug-likeness (QED) is 0.475. The van der Waals surface area contributed by atoms with Crippen LogP contribution in [0, 0.1) is 11.3 Å². The molecule has 3 heterocycles. The minimum Gasteiger partial charge on any atom is -0.349 e. The molecular formula is C27H35N3OS. The number of aromatic nitrogens is 2. The molecule has 1 aromatic carbocycles. The molecule has 32 heavy (non-hydrogen) atoms. The third-order valence-corrected chi connectivity index (χ3v) is 6.88. The number of nitrogens with one attached hydrogen (secondary N) is 1. The van der Waals surface area contributed by atoms with Crippen LogP contribution < -0.4 is 5.32 Å². The van der Waals surface area contributed by atoms with Gasteiger partial charge in [-0.3, -0.25) is 4.79 Å². The fourth-order valence-corrected chi connectivity index (χ4v) is 5.20. The van der Waals surface area contributed by atoms with E-state index in [4.69, 9.17) is 4.98 Å². The Kier molecular flexibility index (Phi) is 6.30. The molecule has 170 valence electrons. The normalized spacial score (nSPS) is 13.2. The van der Waals surface area contributed by atoms with Crippen LogP contribution in [0.15, 0.2) is 29.6 Å². The zero-order valence-corrected chi connectivity index (χ0v) is 21.0. The molecule has 5 heteroatoms. The summed E-state index contributed by atoms with van der Waals surface area (Å²) in [5, 5.41) is 5.19. The second-order valence-corrected chi connectivity index (χ2v) is 11.4. The predicted octanol–water partition coefficient (Wildman–Crippen LogP) is 6.37. The van der Waals surface area contributed by atoms with Crippen LogP contribution in [0.3, 0.4) is 0 Å². The van der Waals surface area contributed by atoms with Gasteiger partial charge in [-0.1, -0.05) is 53.7 Å². The largest absolute Gasteiger partial charge is 0.349 e. The number of thiophene rings is 1. The van der Waals surface area contributed by atoms with Crippen LogP contribution in [0.2, 0.25) is 0 Å². The first kappa shape index (κ1) is 22.8. The minimum atomic E-state index is -0.0833. The average molecular weight is 450 g/mol. The summed E-state index contributed by atoms with van der Waals surface area (Å²) in [5.41, 5.74) is 7.55. The van der Waals surface area contributed by atoms with Gasteiger partial charge in [0, 0.05) is 18.7 Å². The molecule has 3 aromatic rings. The maximum atomic E-state index is 13.2. The van der Waals surface area contributed by atoms with Crippen molar-refractivity contribution in [3.8, 4) is 21.8 Å². The average Bonchev–Trinajstić information content (AvgIpc) is 3.38. The Bertz CT molecular complexity index is 1120. The Hall–Kier alpha value is -2.40. The number of carbonyl (C=O) groups is 1. The fourth-order valence-electron chi connectivity index (χ4n) is 4.49. The van der Waals surface area contributed by atoms with Crippen molar-refractivity contribution in [2.24, 2.45) is 11.3 Å². The summed E-state index contributed by atoms with van der Waals surface area (Å²) in [6.07, 6.45) is 3.04. The van der Waals surface area contributed by atoms with Crippen LogP contribution >= 0.6 is 11.3 Å². The van der Waals surface area contributed by atoms with E-state index in [9.17, 15) is 4.79 Å². The number of benzene rings is 1. The highest BCUT2D eigenvalue weighted by molar-refractivity contribution is 7.13. The van der Waals surface area contributed by atoms with Crippen LogP contribution in [0.5, 0.6) is 0 Å². The molecule has 0 saturated heterocycles. The van der Waals surface area contributed by atoms with Gasteiger partial charge in [-0.05, 0) is 64.8 Å². The standard InChI is InChI=1S/C27H35N3OS/c1-7-18-14-19-10-11-30-24(21(19)15-20(18)13-17(2)3)23(22-9-8-12-32-22)29-25(30)26(31)28-16-27(4,5)6/h8-9,12,14-15,17H,7,10-11,13,16H2,1-6H3,(H,28,31). The molecule has 0 atom stereocenters. The predicted molar refractivity (Wildman–Crippen MR) is 134 cm³/mol. The van der Waals surface area contributed by atoms with Gasteiger partial charge in [0.2, 0.25) is 0 Å². The van der Waals surface area contributed by atoms with E-state index in [-0.39, 0.29) is 11.3 Å². The molecule has 0 radical (unpaired) electrons. The van der Waals surface area contributed by atoms with Crippen molar-refractivity contribution in [2.75, 3.05) is 6.54 Å². The molecule has 1 aliphatic heterocycles. The van der Waals surface area contributed by atoms with E-state index in [1.54, 1.807) is 11.3 Å². The molecule has 0 unspecified atom stereocenters. The van der Waals surface area contributed by atoms with Gasteiger partial charge in [0.1, 0.15) is 5.69 Å². The summed E-state index contributed by atoms with van der Waals surface area (Å²) in [5.74, 6) is 1.05.